The molecule has 2 saturated heterocycles. The highest BCUT2D eigenvalue weighted by atomic mass is 127. The number of H-pyrrole nitrogens is 6. The normalized spacial score (nSPS) is 13.8. The summed E-state index contributed by atoms with van der Waals surface area (Å²) in [6, 6.07) is 33.9. The first-order valence-electron chi connectivity index (χ1n) is 41.7. The van der Waals surface area contributed by atoms with E-state index < -0.39 is 34.5 Å². The quantitative estimate of drug-likeness (QED) is 0.0111. The van der Waals surface area contributed by atoms with E-state index in [9.17, 15) is 50.3 Å². The number of amides is 2. The summed E-state index contributed by atoms with van der Waals surface area (Å²) in [6.45, 7) is 36.2. The number of nitrogens with two attached hydrogens (primary N) is 1. The molecule has 6 aromatic carbocycles. The topological polar surface area (TPSA) is 315 Å². The van der Waals surface area contributed by atoms with Gasteiger partial charge in [-0.15, -0.1) is 12.4 Å². The maximum atomic E-state index is 13.9. The number of carbonyl (C=O) groups is 5. The second-order valence-corrected chi connectivity index (χ2v) is 35.9. The highest BCUT2D eigenvalue weighted by Crippen LogP contribution is 2.43. The number of Topliss-reactive ketones (excluding diaryl/α,β-unsaturated/α-hetero) is 1. The van der Waals surface area contributed by atoms with Gasteiger partial charge in [-0.1, -0.05) is 132 Å². The van der Waals surface area contributed by atoms with Crippen LogP contribution in [0.25, 0.3) is 76.6 Å². The SMILES string of the molecule is C.C.C.C.C.C.C.C.C.C.CC(C)(C#N)c1c[nH]c2cc(F)ccc12.CC(C)(CN)c1c[nH]c2cc(F)ccc12.CC(C)OC(=O)C(=O)CBr.CC(C)OC(=O)C1=CN(C(=O)N2CC[N+](C)(C)CC2)CC(C)(C)c2c1[nH]c1cc(F)ccc21.CC(C)OC(=O)C1=CNCC(C)(C)c2c1[nH]c1cc(F)ccc21.CN1CCNCC1.Cl.Fc1ccc2cc[nH]c2c1.N#CCc1c[nH]c2cc(F)ccc12.[I-]. The van der Waals surface area contributed by atoms with Gasteiger partial charge in [0.1, 0.15) is 34.9 Å². The van der Waals surface area contributed by atoms with Crippen LogP contribution in [0.5, 0.6) is 0 Å². The molecule has 4 aliphatic heterocycles. The Kier molecular flexibility index (Phi) is 56.3. The van der Waals surface area contributed by atoms with Crippen molar-refractivity contribution in [3.63, 3.8) is 0 Å². The lowest BCUT2D eigenvalue weighted by molar-refractivity contribution is -0.894. The first kappa shape index (κ1) is 133. The summed E-state index contributed by atoms with van der Waals surface area (Å²) < 4.78 is 95.0. The lowest BCUT2D eigenvalue weighted by Crippen LogP contribution is -3.00. The number of aromatic amines is 6. The van der Waals surface area contributed by atoms with Gasteiger partial charge in [-0.25, -0.2) is 45.5 Å². The number of alkyl halides is 1. The van der Waals surface area contributed by atoms with Crippen molar-refractivity contribution in [2.24, 2.45) is 5.73 Å². The van der Waals surface area contributed by atoms with Gasteiger partial charge in [-0.05, 0) is 211 Å². The number of quaternary nitrogens is 1. The Labute approximate surface area is 848 Å². The van der Waals surface area contributed by atoms with Crippen molar-refractivity contribution in [2.75, 3.05) is 98.5 Å². The maximum absolute atomic E-state index is 13.9. The number of hydrogen-bond donors (Lipinski definition) is 9. The third-order valence-corrected chi connectivity index (χ3v) is 22.2. The van der Waals surface area contributed by atoms with Crippen LogP contribution in [0.1, 0.15) is 210 Å². The van der Waals surface area contributed by atoms with Crippen molar-refractivity contribution >= 4 is 135 Å². The highest BCUT2D eigenvalue weighted by Gasteiger charge is 2.41. The minimum Gasteiger partial charge on any atom is -1.00 e. The zero-order valence-corrected chi connectivity index (χ0v) is 79.9. The molecule has 12 aromatic rings. The van der Waals surface area contributed by atoms with Crippen LogP contribution in [0.4, 0.5) is 31.1 Å². The van der Waals surface area contributed by atoms with E-state index in [4.69, 9.17) is 25.7 Å². The molecule has 766 valence electrons. The number of nitriles is 2. The average Bonchev–Trinajstić information content (AvgIpc) is 1.58. The van der Waals surface area contributed by atoms with Gasteiger partial charge in [-0.2, -0.15) is 10.5 Å². The number of fused-ring (bicyclic) bond motifs is 10. The molecule has 16 rings (SSSR count). The lowest BCUT2D eigenvalue weighted by Gasteiger charge is -2.41. The number of rotatable bonds is 11. The number of urea groups is 1. The van der Waals surface area contributed by atoms with E-state index in [-0.39, 0.29) is 192 Å². The molecular weight excluding hydrogens is 1970 g/mol. The Hall–Kier alpha value is -10.9. The summed E-state index contributed by atoms with van der Waals surface area (Å²) in [5, 5.41) is 29.7. The molecule has 138 heavy (non-hydrogen) atoms. The highest BCUT2D eigenvalue weighted by molar-refractivity contribution is 9.09. The molecule has 0 unspecified atom stereocenters. The molecule has 0 saturated carbocycles. The van der Waals surface area contributed by atoms with Crippen molar-refractivity contribution in [1.29, 1.82) is 10.5 Å². The number of benzene rings is 6. The van der Waals surface area contributed by atoms with Gasteiger partial charge in [-0.3, -0.25) is 9.69 Å². The summed E-state index contributed by atoms with van der Waals surface area (Å²) in [6.07, 6.45) is 10.1. The predicted octanol–water partition coefficient (Wildman–Crippen LogP) is 21.7. The van der Waals surface area contributed by atoms with Gasteiger partial charge >= 0.3 is 23.9 Å². The van der Waals surface area contributed by atoms with E-state index in [0.717, 1.165) is 113 Å². The van der Waals surface area contributed by atoms with Crippen LogP contribution >= 0.6 is 28.3 Å². The number of halogens is 9. The molecule has 6 aromatic heterocycles. The largest absolute Gasteiger partial charge is 1.00 e. The van der Waals surface area contributed by atoms with Crippen molar-refractivity contribution in [1.82, 2.24) is 55.2 Å². The number of nitrogens with one attached hydrogen (secondary N) is 8. The fourth-order valence-corrected chi connectivity index (χ4v) is 15.1. The second-order valence-electron chi connectivity index (χ2n) is 35.3. The monoisotopic (exact) mass is 2120 g/mol. The molecule has 32 heteroatoms. The van der Waals surface area contributed by atoms with Gasteiger partial charge in [0, 0.05) is 159 Å². The zero-order valence-electron chi connectivity index (χ0n) is 75.3. The smallest absolute Gasteiger partial charge is 0.375 e. The van der Waals surface area contributed by atoms with Crippen molar-refractivity contribution in [3.05, 3.63) is 227 Å². The number of nitrogens with zero attached hydrogens (tertiary/aromatic N) is 6. The van der Waals surface area contributed by atoms with E-state index in [1.54, 1.807) is 100.0 Å². The summed E-state index contributed by atoms with van der Waals surface area (Å²) >= 11 is 2.85. The number of aromatic nitrogens is 6. The fraction of sp³-hybridized carbons (Fsp3) is 0.443. The standard InChI is InChI=1S/C25H34FN4O3.C18H21FN2O2.C12H15FN2.C12H11FN2.C10H7FN2.C8H6FN.C6H9BrO3.C5H12N2.10CH4.ClH.HI/c1-16(2)33-23(31)19-14-29(24(32)28-9-11-30(5,6)12-10-28)15-25(3,4)21-18-8-7-17(26)13-20(18)27-22(19)21;1-10(2)23-17(22)13-8-20-9-18(3,4)15-12-6-5-11(19)7-14(12)21-16(13)15;2*1-12(2,7-14)10-6-15-11-5-8(13)3-4-9(10)11;11-8-1-2-9-7(3-4-12)6-13-10(9)5-8;9-7-2-1-6-3-4-10-8(6)5-7;1-4(2)10-6(9)5(8)3-7;1-7-4-2-6-3-5-7;;;;;;;;;;;;/h7-8,13-14,16,27H,9-12,15H2,1-6H3;5-8,10,20-21H,9H2,1-4H3;3-6,15H,7,14H2,1-2H3;3-6,15H,1-2H3;1-2,5-6,13H,3H2;1-5,10H;4H,3H2,1-2H3;6H,2-5H2,1H3;10*1H4;2*1H/q+1;;;;;;;;;;;;;;;;;;;/p-1. The van der Waals surface area contributed by atoms with Crippen molar-refractivity contribution in [2.45, 2.75) is 218 Å². The van der Waals surface area contributed by atoms with Crippen LogP contribution in [0.3, 0.4) is 0 Å². The second kappa shape index (κ2) is 58.2. The summed E-state index contributed by atoms with van der Waals surface area (Å²) in [7, 11) is 6.48. The van der Waals surface area contributed by atoms with Gasteiger partial charge in [0.05, 0.1) is 110 Å². The van der Waals surface area contributed by atoms with Crippen molar-refractivity contribution < 1.29 is 93.0 Å². The van der Waals surface area contributed by atoms with Gasteiger partial charge in [0.2, 0.25) is 0 Å². The van der Waals surface area contributed by atoms with Crippen LogP contribution in [0, 0.1) is 57.6 Å². The summed E-state index contributed by atoms with van der Waals surface area (Å²) in [5.41, 5.74) is 15.7. The predicted molar refractivity (Wildman–Crippen MR) is 563 cm³/mol. The first-order valence-corrected chi connectivity index (χ1v) is 42.8. The molecule has 0 aliphatic carbocycles. The van der Waals surface area contributed by atoms with Crippen LogP contribution < -0.4 is 40.3 Å². The first-order chi connectivity index (χ1) is 59.4. The summed E-state index contributed by atoms with van der Waals surface area (Å²) in [4.78, 5) is 84.5. The van der Waals surface area contributed by atoms with E-state index in [2.05, 4.69) is 127 Å². The minimum absolute atomic E-state index is 0. The molecule has 23 nitrogen and oxygen atoms in total. The number of ketones is 1. The molecule has 2 fully saturated rings. The van der Waals surface area contributed by atoms with Gasteiger partial charge < -0.3 is 98.7 Å². The Bertz CT molecular complexity index is 6010. The molecule has 4 aliphatic rings. The van der Waals surface area contributed by atoms with Crippen LogP contribution in [-0.4, -0.2) is 196 Å². The molecule has 0 bridgehead atoms. The van der Waals surface area contributed by atoms with Crippen molar-refractivity contribution in [3.8, 4) is 12.1 Å². The van der Waals surface area contributed by atoms with Crippen LogP contribution in [-0.2, 0) is 61.5 Å². The molecule has 0 atom stereocenters. The minimum atomic E-state index is -0.771. The number of carbonyl (C=O) groups excluding carboxylic acids is 5. The molecule has 2 amide bonds. The van der Waals surface area contributed by atoms with Crippen LogP contribution in [0.15, 0.2) is 152 Å². The summed E-state index contributed by atoms with van der Waals surface area (Å²) in [5.74, 6) is -3.83. The van der Waals surface area contributed by atoms with E-state index in [0.29, 0.717) is 67.1 Å². The Balaban J connectivity index is -0.000000765. The van der Waals surface area contributed by atoms with E-state index in [1.165, 1.54) is 85.9 Å². The molecule has 10 N–H and O–H groups in total. The number of hydrogen-bond acceptors (Lipinski definition) is 14. The Morgan fingerprint density at radius 1 is 0.536 bits per heavy atom. The van der Waals surface area contributed by atoms with Crippen LogP contribution in [0.2, 0.25) is 0 Å². The molecule has 0 spiro atoms. The third kappa shape index (κ3) is 34.9. The molecule has 10 heterocycles. The zero-order chi connectivity index (χ0) is 92.5. The lowest BCUT2D eigenvalue weighted by atomic mass is 9.82. The third-order valence-electron chi connectivity index (χ3n) is 21.7. The Morgan fingerprint density at radius 2 is 0.942 bits per heavy atom. The maximum Gasteiger partial charge on any atom is 0.375 e. The average molecular weight is 2120 g/mol. The number of ether oxygens (including phenoxy) is 3. The van der Waals surface area contributed by atoms with Gasteiger partial charge in [0.15, 0.2) is 0 Å². The van der Waals surface area contributed by atoms with E-state index in [1.807, 2.05) is 58.7 Å². The number of esters is 3. The number of piperazine rings is 2. The number of likely N-dealkylation sites (N-methyl/N-ethyl adjacent to an activating group) is 2. The molecule has 0 radical (unpaired) electrons. The Morgan fingerprint density at radius 3 is 1.38 bits per heavy atom. The van der Waals surface area contributed by atoms with E-state index >= 15 is 0 Å². The fourth-order valence-electron chi connectivity index (χ4n) is 14.8. The van der Waals surface area contributed by atoms with Gasteiger partial charge in [0.25, 0.3) is 5.78 Å². The molecular formula is C106H156BrClF6IN15O8.